The number of nitrogens with one attached hydrogen (secondary N) is 1. The number of likely N-dealkylation sites (N-methyl/N-ethyl adjacent to an activating group) is 1. The SMILES string of the molecule is CC1CCCN(CCNC(=O)CN(C)C2CCS(=O)(=O)C2)C1. The Hall–Kier alpha value is -0.660. The van der Waals surface area contributed by atoms with E-state index in [9.17, 15) is 13.2 Å². The normalized spacial score (nSPS) is 28.9. The zero-order valence-corrected chi connectivity index (χ0v) is 14.6. The summed E-state index contributed by atoms with van der Waals surface area (Å²) in [5.41, 5.74) is 0. The van der Waals surface area contributed by atoms with Crippen LogP contribution < -0.4 is 5.32 Å². The van der Waals surface area contributed by atoms with Gasteiger partial charge in [0.05, 0.1) is 18.1 Å². The average Bonchev–Trinajstić information content (AvgIpc) is 2.79. The summed E-state index contributed by atoms with van der Waals surface area (Å²) in [7, 11) is -1.06. The molecule has 2 fully saturated rings. The van der Waals surface area contributed by atoms with Gasteiger partial charge < -0.3 is 10.2 Å². The predicted molar refractivity (Wildman–Crippen MR) is 87.5 cm³/mol. The van der Waals surface area contributed by atoms with Gasteiger partial charge in [0.1, 0.15) is 0 Å². The predicted octanol–water partition coefficient (Wildman–Crippen LogP) is -0.0466. The third-order valence-electron chi connectivity index (χ3n) is 4.72. The van der Waals surface area contributed by atoms with Gasteiger partial charge in [0.25, 0.3) is 0 Å². The molecule has 2 rings (SSSR count). The Morgan fingerprint density at radius 2 is 2.14 bits per heavy atom. The van der Waals surface area contributed by atoms with Crippen molar-refractivity contribution in [1.29, 1.82) is 0 Å². The molecule has 0 bridgehead atoms. The third-order valence-corrected chi connectivity index (χ3v) is 6.47. The molecule has 2 aliphatic heterocycles. The van der Waals surface area contributed by atoms with Crippen LogP contribution in [0.3, 0.4) is 0 Å². The van der Waals surface area contributed by atoms with Gasteiger partial charge in [-0.1, -0.05) is 6.92 Å². The molecule has 128 valence electrons. The van der Waals surface area contributed by atoms with Crippen molar-refractivity contribution in [3.05, 3.63) is 0 Å². The second-order valence-electron chi connectivity index (χ2n) is 6.87. The Bertz CT molecular complexity index is 480. The van der Waals surface area contributed by atoms with Crippen LogP contribution in [0.15, 0.2) is 0 Å². The molecule has 2 aliphatic rings. The van der Waals surface area contributed by atoms with Crippen LogP contribution in [-0.2, 0) is 14.6 Å². The van der Waals surface area contributed by atoms with E-state index >= 15 is 0 Å². The van der Waals surface area contributed by atoms with Crippen LogP contribution in [-0.4, -0.2) is 81.4 Å². The quantitative estimate of drug-likeness (QED) is 0.739. The number of hydrogen-bond acceptors (Lipinski definition) is 5. The lowest BCUT2D eigenvalue weighted by Crippen LogP contribution is -2.44. The van der Waals surface area contributed by atoms with Gasteiger partial charge in [0, 0.05) is 25.7 Å². The van der Waals surface area contributed by atoms with Gasteiger partial charge in [0.15, 0.2) is 9.84 Å². The van der Waals surface area contributed by atoms with Crippen molar-refractivity contribution >= 4 is 15.7 Å². The summed E-state index contributed by atoms with van der Waals surface area (Å²) < 4.78 is 22.9. The van der Waals surface area contributed by atoms with Crippen LogP contribution in [0.4, 0.5) is 0 Å². The van der Waals surface area contributed by atoms with Crippen molar-refractivity contribution in [2.75, 3.05) is 51.3 Å². The topological polar surface area (TPSA) is 69.7 Å². The van der Waals surface area contributed by atoms with Crippen LogP contribution in [0.25, 0.3) is 0 Å². The van der Waals surface area contributed by atoms with Crippen molar-refractivity contribution in [1.82, 2.24) is 15.1 Å². The fraction of sp³-hybridized carbons (Fsp3) is 0.933. The van der Waals surface area contributed by atoms with Crippen molar-refractivity contribution in [2.24, 2.45) is 5.92 Å². The first kappa shape index (κ1) is 17.7. The first-order valence-electron chi connectivity index (χ1n) is 8.25. The minimum atomic E-state index is -2.89. The van der Waals surface area contributed by atoms with Gasteiger partial charge in [-0.2, -0.15) is 0 Å². The lowest BCUT2D eigenvalue weighted by molar-refractivity contribution is -0.122. The maximum atomic E-state index is 12.0. The van der Waals surface area contributed by atoms with E-state index in [4.69, 9.17) is 0 Å². The molecule has 0 aromatic heterocycles. The van der Waals surface area contributed by atoms with Crippen molar-refractivity contribution < 1.29 is 13.2 Å². The van der Waals surface area contributed by atoms with Crippen molar-refractivity contribution in [2.45, 2.75) is 32.2 Å². The second kappa shape index (κ2) is 7.75. The molecule has 7 heteroatoms. The molecule has 6 nitrogen and oxygen atoms in total. The molecule has 2 saturated heterocycles. The highest BCUT2D eigenvalue weighted by Gasteiger charge is 2.31. The molecular formula is C15H29N3O3S. The lowest BCUT2D eigenvalue weighted by atomic mass is 10.0. The Labute approximate surface area is 134 Å². The van der Waals surface area contributed by atoms with E-state index in [0.717, 1.165) is 25.6 Å². The van der Waals surface area contributed by atoms with Crippen LogP contribution in [0.2, 0.25) is 0 Å². The molecule has 22 heavy (non-hydrogen) atoms. The van der Waals surface area contributed by atoms with E-state index in [0.29, 0.717) is 13.0 Å². The van der Waals surface area contributed by atoms with Gasteiger partial charge in [-0.3, -0.25) is 9.69 Å². The molecule has 0 aromatic rings. The summed E-state index contributed by atoms with van der Waals surface area (Å²) in [6.45, 7) is 6.36. The third kappa shape index (κ3) is 5.52. The molecule has 0 aromatic carbocycles. The second-order valence-corrected chi connectivity index (χ2v) is 9.10. The van der Waals surface area contributed by atoms with E-state index < -0.39 is 9.84 Å². The number of nitrogens with zero attached hydrogens (tertiary/aromatic N) is 2. The molecule has 0 radical (unpaired) electrons. The largest absolute Gasteiger partial charge is 0.354 e. The number of hydrogen-bond donors (Lipinski definition) is 1. The van der Waals surface area contributed by atoms with Crippen LogP contribution in [0.5, 0.6) is 0 Å². The zero-order chi connectivity index (χ0) is 16.2. The highest BCUT2D eigenvalue weighted by Crippen LogP contribution is 2.16. The number of likely N-dealkylation sites (tertiary alicyclic amines) is 1. The van der Waals surface area contributed by atoms with Crippen LogP contribution in [0, 0.1) is 5.92 Å². The maximum Gasteiger partial charge on any atom is 0.234 e. The van der Waals surface area contributed by atoms with E-state index in [1.165, 1.54) is 12.8 Å². The number of sulfone groups is 1. The summed E-state index contributed by atoms with van der Waals surface area (Å²) in [4.78, 5) is 16.2. The lowest BCUT2D eigenvalue weighted by Gasteiger charge is -2.30. The Morgan fingerprint density at radius 3 is 2.77 bits per heavy atom. The molecule has 1 N–H and O–H groups in total. The van der Waals surface area contributed by atoms with Gasteiger partial charge in [-0.15, -0.1) is 0 Å². The zero-order valence-electron chi connectivity index (χ0n) is 13.8. The monoisotopic (exact) mass is 331 g/mol. The van der Waals surface area contributed by atoms with Crippen LogP contribution in [0.1, 0.15) is 26.2 Å². The average molecular weight is 331 g/mol. The Morgan fingerprint density at radius 1 is 1.36 bits per heavy atom. The number of carbonyl (C=O) groups is 1. The fourth-order valence-electron chi connectivity index (χ4n) is 3.38. The molecule has 0 aliphatic carbocycles. The maximum absolute atomic E-state index is 12.0. The fourth-order valence-corrected chi connectivity index (χ4v) is 5.18. The van der Waals surface area contributed by atoms with Crippen LogP contribution >= 0.6 is 0 Å². The Balaban J connectivity index is 1.63. The Kier molecular flexibility index (Phi) is 6.23. The van der Waals surface area contributed by atoms with Crippen molar-refractivity contribution in [3.8, 4) is 0 Å². The van der Waals surface area contributed by atoms with E-state index in [1.54, 1.807) is 0 Å². The minimum Gasteiger partial charge on any atom is -0.354 e. The molecule has 0 spiro atoms. The number of amides is 1. The number of piperidine rings is 1. The van der Waals surface area contributed by atoms with E-state index in [1.807, 2.05) is 11.9 Å². The molecule has 0 saturated carbocycles. The smallest absolute Gasteiger partial charge is 0.234 e. The highest BCUT2D eigenvalue weighted by molar-refractivity contribution is 7.91. The molecule has 2 heterocycles. The minimum absolute atomic E-state index is 0.0151. The van der Waals surface area contributed by atoms with Crippen molar-refractivity contribution in [3.63, 3.8) is 0 Å². The highest BCUT2D eigenvalue weighted by atomic mass is 32.2. The molecule has 2 atom stereocenters. The summed E-state index contributed by atoms with van der Waals surface area (Å²) >= 11 is 0. The van der Waals surface area contributed by atoms with Gasteiger partial charge in [-0.05, 0) is 38.8 Å². The summed E-state index contributed by atoms with van der Waals surface area (Å²) in [5.74, 6) is 1.16. The molecular weight excluding hydrogens is 302 g/mol. The van der Waals surface area contributed by atoms with E-state index in [-0.39, 0.29) is 30.0 Å². The molecule has 2 unspecified atom stereocenters. The van der Waals surface area contributed by atoms with Gasteiger partial charge >= 0.3 is 0 Å². The summed E-state index contributed by atoms with van der Waals surface area (Å²) in [6, 6.07) is -0.0151. The standard InChI is InChI=1S/C15H29N3O3S/c1-13-4-3-7-18(10-13)8-6-16-15(19)11-17(2)14-5-9-22(20,21)12-14/h13-14H,3-12H2,1-2H3,(H,16,19). The first-order valence-corrected chi connectivity index (χ1v) is 10.1. The van der Waals surface area contributed by atoms with Gasteiger partial charge in [0.2, 0.25) is 5.91 Å². The summed E-state index contributed by atoms with van der Waals surface area (Å²) in [5, 5.41) is 2.95. The first-order chi connectivity index (χ1) is 10.4. The van der Waals surface area contributed by atoms with Gasteiger partial charge in [-0.25, -0.2) is 8.42 Å². The molecule has 1 amide bonds. The van der Waals surface area contributed by atoms with E-state index in [2.05, 4.69) is 17.1 Å². The number of rotatable bonds is 6. The summed E-state index contributed by atoms with van der Waals surface area (Å²) in [6.07, 6.45) is 3.18. The number of carbonyl (C=O) groups excluding carboxylic acids is 1.